The van der Waals surface area contributed by atoms with E-state index in [4.69, 9.17) is 4.74 Å². The van der Waals surface area contributed by atoms with E-state index in [2.05, 4.69) is 15.5 Å². The summed E-state index contributed by atoms with van der Waals surface area (Å²) >= 11 is 0. The smallest absolute Gasteiger partial charge is 0.251 e. The number of benzene rings is 2. The third kappa shape index (κ3) is 3.04. The third-order valence-electron chi connectivity index (χ3n) is 3.34. The molecule has 0 aliphatic carbocycles. The molecule has 2 N–H and O–H groups in total. The standard InChI is InChI=1S/C16H13F2N3O2/c1-23-8-15(22)19-16-12-4-2-9(6-14(12)20-21-16)11-5-3-10(17)7-13(11)18/h2-7H,8H2,1H3,(H2,19,20,21,22). The van der Waals surface area contributed by atoms with Crippen LogP contribution >= 0.6 is 0 Å². The Balaban J connectivity index is 1.96. The highest BCUT2D eigenvalue weighted by Gasteiger charge is 2.12. The van der Waals surface area contributed by atoms with Crippen LogP contribution in [-0.4, -0.2) is 29.8 Å². The minimum absolute atomic E-state index is 0.0762. The molecule has 0 bridgehead atoms. The topological polar surface area (TPSA) is 67.0 Å². The first-order chi connectivity index (χ1) is 11.1. The number of anilines is 1. The summed E-state index contributed by atoms with van der Waals surface area (Å²) in [4.78, 5) is 11.5. The molecule has 0 atom stereocenters. The molecule has 1 aromatic heterocycles. The number of carbonyl (C=O) groups excluding carboxylic acids is 1. The van der Waals surface area contributed by atoms with Crippen molar-refractivity contribution in [1.29, 1.82) is 0 Å². The zero-order valence-corrected chi connectivity index (χ0v) is 12.2. The normalized spacial score (nSPS) is 10.9. The van der Waals surface area contributed by atoms with Gasteiger partial charge in [0.1, 0.15) is 18.2 Å². The summed E-state index contributed by atoms with van der Waals surface area (Å²) in [5.41, 5.74) is 1.49. The minimum Gasteiger partial charge on any atom is -0.375 e. The van der Waals surface area contributed by atoms with Crippen LogP contribution in [0.2, 0.25) is 0 Å². The Morgan fingerprint density at radius 2 is 2.09 bits per heavy atom. The molecule has 0 saturated carbocycles. The van der Waals surface area contributed by atoms with E-state index in [0.29, 0.717) is 22.3 Å². The molecular weight excluding hydrogens is 304 g/mol. The molecule has 0 fully saturated rings. The fourth-order valence-electron chi connectivity index (χ4n) is 2.31. The third-order valence-corrected chi connectivity index (χ3v) is 3.34. The highest BCUT2D eigenvalue weighted by molar-refractivity contribution is 6.01. The Hall–Kier alpha value is -2.80. The quantitative estimate of drug-likeness (QED) is 0.777. The maximum Gasteiger partial charge on any atom is 0.251 e. The van der Waals surface area contributed by atoms with Gasteiger partial charge in [-0.1, -0.05) is 6.07 Å². The van der Waals surface area contributed by atoms with Crippen LogP contribution < -0.4 is 5.32 Å². The molecule has 0 spiro atoms. The summed E-state index contributed by atoms with van der Waals surface area (Å²) in [6.07, 6.45) is 0. The molecule has 3 rings (SSSR count). The van der Waals surface area contributed by atoms with E-state index in [9.17, 15) is 13.6 Å². The molecule has 0 unspecified atom stereocenters. The Labute approximate surface area is 130 Å². The molecule has 1 heterocycles. The Bertz CT molecular complexity index is 877. The molecule has 0 aliphatic rings. The van der Waals surface area contributed by atoms with E-state index < -0.39 is 11.6 Å². The lowest BCUT2D eigenvalue weighted by Gasteiger charge is -2.04. The number of methoxy groups -OCH3 is 1. The van der Waals surface area contributed by atoms with Crippen molar-refractivity contribution in [3.8, 4) is 11.1 Å². The molecule has 0 radical (unpaired) electrons. The van der Waals surface area contributed by atoms with Crippen LogP contribution in [0.25, 0.3) is 22.0 Å². The number of carbonyl (C=O) groups is 1. The SMILES string of the molecule is COCC(=O)Nc1n[nH]c2cc(-c3ccc(F)cc3F)ccc12. The van der Waals surface area contributed by atoms with Gasteiger partial charge in [0.25, 0.3) is 5.91 Å². The van der Waals surface area contributed by atoms with Gasteiger partial charge in [0, 0.05) is 24.1 Å². The minimum atomic E-state index is -0.641. The zero-order chi connectivity index (χ0) is 16.4. The molecular formula is C16H13F2N3O2. The average Bonchev–Trinajstić information content (AvgIpc) is 2.90. The molecule has 7 heteroatoms. The zero-order valence-electron chi connectivity index (χ0n) is 12.2. The first-order valence-corrected chi connectivity index (χ1v) is 6.81. The molecule has 0 saturated heterocycles. The largest absolute Gasteiger partial charge is 0.375 e. The van der Waals surface area contributed by atoms with Crippen molar-refractivity contribution in [2.75, 3.05) is 19.0 Å². The van der Waals surface area contributed by atoms with Crippen LogP contribution in [0.15, 0.2) is 36.4 Å². The summed E-state index contributed by atoms with van der Waals surface area (Å²) in [7, 11) is 1.42. The number of amides is 1. The second-order valence-electron chi connectivity index (χ2n) is 4.94. The molecule has 5 nitrogen and oxygen atoms in total. The average molecular weight is 317 g/mol. The summed E-state index contributed by atoms with van der Waals surface area (Å²) in [5.74, 6) is -1.22. The van der Waals surface area contributed by atoms with Crippen LogP contribution in [0.4, 0.5) is 14.6 Å². The number of halogens is 2. The number of nitrogens with one attached hydrogen (secondary N) is 2. The number of nitrogens with zero attached hydrogens (tertiary/aromatic N) is 1. The summed E-state index contributed by atoms with van der Waals surface area (Å²) in [5, 5.41) is 10.1. The molecule has 1 amide bonds. The second-order valence-corrected chi connectivity index (χ2v) is 4.94. The van der Waals surface area contributed by atoms with Crippen molar-refractivity contribution in [3.63, 3.8) is 0 Å². The van der Waals surface area contributed by atoms with Crippen molar-refractivity contribution in [1.82, 2.24) is 10.2 Å². The van der Waals surface area contributed by atoms with Gasteiger partial charge >= 0.3 is 0 Å². The van der Waals surface area contributed by atoms with Gasteiger partial charge in [-0.3, -0.25) is 9.89 Å². The van der Waals surface area contributed by atoms with Crippen molar-refractivity contribution >= 4 is 22.6 Å². The van der Waals surface area contributed by atoms with Crippen LogP contribution in [0.5, 0.6) is 0 Å². The second kappa shape index (κ2) is 6.13. The predicted octanol–water partition coefficient (Wildman–Crippen LogP) is 3.09. The number of H-pyrrole nitrogens is 1. The molecule has 118 valence electrons. The lowest BCUT2D eigenvalue weighted by Crippen LogP contribution is -2.17. The monoisotopic (exact) mass is 317 g/mol. The maximum atomic E-state index is 13.9. The summed E-state index contributed by atoms with van der Waals surface area (Å²) < 4.78 is 31.6. The van der Waals surface area contributed by atoms with E-state index >= 15 is 0 Å². The molecule has 3 aromatic rings. The Morgan fingerprint density at radius 1 is 1.26 bits per heavy atom. The summed E-state index contributed by atoms with van der Waals surface area (Å²) in [6, 6.07) is 8.49. The van der Waals surface area contributed by atoms with Crippen LogP contribution in [0, 0.1) is 11.6 Å². The fraction of sp³-hybridized carbons (Fsp3) is 0.125. The van der Waals surface area contributed by atoms with E-state index in [1.165, 1.54) is 19.2 Å². The predicted molar refractivity (Wildman–Crippen MR) is 82.0 cm³/mol. The lowest BCUT2D eigenvalue weighted by molar-refractivity contribution is -0.119. The van der Waals surface area contributed by atoms with E-state index in [-0.39, 0.29) is 18.1 Å². The number of ether oxygens (including phenoxy) is 1. The van der Waals surface area contributed by atoms with E-state index in [1.807, 2.05) is 0 Å². The Morgan fingerprint density at radius 3 is 2.83 bits per heavy atom. The van der Waals surface area contributed by atoms with Gasteiger partial charge in [0.15, 0.2) is 5.82 Å². The lowest BCUT2D eigenvalue weighted by atomic mass is 10.0. The van der Waals surface area contributed by atoms with Crippen molar-refractivity contribution in [2.45, 2.75) is 0 Å². The first-order valence-electron chi connectivity index (χ1n) is 6.81. The Kier molecular flexibility index (Phi) is 4.03. The van der Waals surface area contributed by atoms with Crippen LogP contribution in [0.1, 0.15) is 0 Å². The summed E-state index contributed by atoms with van der Waals surface area (Å²) in [6.45, 7) is -0.0762. The molecule has 0 aliphatic heterocycles. The van der Waals surface area contributed by atoms with Crippen molar-refractivity contribution < 1.29 is 18.3 Å². The number of aromatic amines is 1. The van der Waals surface area contributed by atoms with E-state index in [1.54, 1.807) is 18.2 Å². The van der Waals surface area contributed by atoms with Gasteiger partial charge < -0.3 is 10.1 Å². The first kappa shape index (κ1) is 15.1. The van der Waals surface area contributed by atoms with Gasteiger partial charge in [-0.05, 0) is 29.8 Å². The number of aromatic nitrogens is 2. The number of hydrogen-bond acceptors (Lipinski definition) is 3. The fourth-order valence-corrected chi connectivity index (χ4v) is 2.31. The van der Waals surface area contributed by atoms with Gasteiger partial charge in [-0.15, -0.1) is 0 Å². The van der Waals surface area contributed by atoms with E-state index in [0.717, 1.165) is 6.07 Å². The molecule has 23 heavy (non-hydrogen) atoms. The van der Waals surface area contributed by atoms with Gasteiger partial charge in [0.05, 0.1) is 5.52 Å². The van der Waals surface area contributed by atoms with Crippen LogP contribution in [0.3, 0.4) is 0 Å². The highest BCUT2D eigenvalue weighted by Crippen LogP contribution is 2.28. The van der Waals surface area contributed by atoms with Gasteiger partial charge in [-0.2, -0.15) is 5.10 Å². The highest BCUT2D eigenvalue weighted by atomic mass is 19.1. The van der Waals surface area contributed by atoms with Crippen molar-refractivity contribution in [2.24, 2.45) is 0 Å². The molecule has 2 aromatic carbocycles. The maximum absolute atomic E-state index is 13.9. The van der Waals surface area contributed by atoms with Gasteiger partial charge in [0.2, 0.25) is 0 Å². The number of rotatable bonds is 4. The number of hydrogen-bond donors (Lipinski definition) is 2. The van der Waals surface area contributed by atoms with Crippen molar-refractivity contribution in [3.05, 3.63) is 48.0 Å². The van der Waals surface area contributed by atoms with Crippen LogP contribution in [-0.2, 0) is 9.53 Å². The van der Waals surface area contributed by atoms with Gasteiger partial charge in [-0.25, -0.2) is 8.78 Å². The number of fused-ring (bicyclic) bond motifs is 1.